The molecular formula is C21H24N4O3. The van der Waals surface area contributed by atoms with Crippen LogP contribution in [0.2, 0.25) is 0 Å². The average Bonchev–Trinajstić information content (AvgIpc) is 2.72. The van der Waals surface area contributed by atoms with Crippen molar-refractivity contribution >= 4 is 11.6 Å². The first kappa shape index (κ1) is 19.5. The van der Waals surface area contributed by atoms with Gasteiger partial charge in [-0.15, -0.1) is 0 Å². The Kier molecular flexibility index (Phi) is 5.69. The maximum atomic E-state index is 12.9. The van der Waals surface area contributed by atoms with Gasteiger partial charge in [-0.05, 0) is 38.1 Å². The number of pyridine rings is 1. The molecule has 0 atom stereocenters. The number of ether oxygens (including phenoxy) is 2. The van der Waals surface area contributed by atoms with Gasteiger partial charge in [-0.25, -0.2) is 0 Å². The zero-order valence-corrected chi connectivity index (χ0v) is 16.7. The number of anilines is 1. The van der Waals surface area contributed by atoms with Gasteiger partial charge in [0, 0.05) is 37.4 Å². The number of nitriles is 1. The van der Waals surface area contributed by atoms with Gasteiger partial charge in [-0.2, -0.15) is 5.26 Å². The average molecular weight is 380 g/mol. The lowest BCUT2D eigenvalue weighted by molar-refractivity contribution is 0.0746. The number of nitrogens with zero attached hydrogens (tertiary/aromatic N) is 4. The van der Waals surface area contributed by atoms with Crippen molar-refractivity contribution in [2.45, 2.75) is 13.8 Å². The van der Waals surface area contributed by atoms with Gasteiger partial charge < -0.3 is 19.3 Å². The lowest BCUT2D eigenvalue weighted by Gasteiger charge is -2.36. The molecule has 1 aliphatic rings. The molecule has 1 saturated heterocycles. The number of piperazine rings is 1. The van der Waals surface area contributed by atoms with E-state index in [2.05, 4.69) is 16.0 Å². The molecule has 1 amide bonds. The van der Waals surface area contributed by atoms with E-state index in [-0.39, 0.29) is 5.91 Å². The Morgan fingerprint density at radius 1 is 1.07 bits per heavy atom. The predicted octanol–water partition coefficient (Wildman–Crippen LogP) is 2.55. The van der Waals surface area contributed by atoms with Crippen LogP contribution in [0.1, 0.15) is 27.3 Å². The Hall–Kier alpha value is -3.27. The van der Waals surface area contributed by atoms with Crippen molar-refractivity contribution in [1.82, 2.24) is 9.88 Å². The Morgan fingerprint density at radius 3 is 2.36 bits per heavy atom. The van der Waals surface area contributed by atoms with E-state index in [1.807, 2.05) is 24.8 Å². The minimum absolute atomic E-state index is 0.0387. The van der Waals surface area contributed by atoms with Gasteiger partial charge >= 0.3 is 0 Å². The van der Waals surface area contributed by atoms with Crippen LogP contribution in [0.3, 0.4) is 0 Å². The fourth-order valence-electron chi connectivity index (χ4n) is 3.50. The Labute approximate surface area is 165 Å². The van der Waals surface area contributed by atoms with Crippen LogP contribution < -0.4 is 14.4 Å². The Morgan fingerprint density at radius 2 is 1.75 bits per heavy atom. The molecule has 3 rings (SSSR count). The number of amides is 1. The van der Waals surface area contributed by atoms with Gasteiger partial charge in [-0.1, -0.05) is 0 Å². The maximum Gasteiger partial charge on any atom is 0.254 e. The molecule has 0 saturated carbocycles. The molecule has 146 valence electrons. The van der Waals surface area contributed by atoms with Crippen molar-refractivity contribution in [2.75, 3.05) is 45.3 Å². The smallest absolute Gasteiger partial charge is 0.254 e. The first-order chi connectivity index (χ1) is 13.5. The van der Waals surface area contributed by atoms with Crippen molar-refractivity contribution in [3.8, 4) is 17.6 Å². The summed E-state index contributed by atoms with van der Waals surface area (Å²) in [7, 11) is 3.12. The molecular weight excluding hydrogens is 356 g/mol. The third kappa shape index (κ3) is 3.72. The number of hydrogen-bond acceptors (Lipinski definition) is 6. The molecule has 7 nitrogen and oxygen atoms in total. The first-order valence-corrected chi connectivity index (χ1v) is 9.13. The van der Waals surface area contributed by atoms with Gasteiger partial charge in [0.2, 0.25) is 0 Å². The zero-order chi connectivity index (χ0) is 20.3. The van der Waals surface area contributed by atoms with E-state index in [0.717, 1.165) is 17.1 Å². The van der Waals surface area contributed by atoms with Gasteiger partial charge in [0.1, 0.15) is 6.07 Å². The first-order valence-electron chi connectivity index (χ1n) is 9.13. The van der Waals surface area contributed by atoms with Crippen molar-refractivity contribution < 1.29 is 14.3 Å². The number of carbonyl (C=O) groups excluding carboxylic acids is 1. The summed E-state index contributed by atoms with van der Waals surface area (Å²) in [6, 6.07) is 9.40. The maximum absolute atomic E-state index is 12.9. The van der Waals surface area contributed by atoms with Crippen LogP contribution >= 0.6 is 0 Å². The quantitative estimate of drug-likeness (QED) is 0.811. The predicted molar refractivity (Wildman–Crippen MR) is 106 cm³/mol. The molecule has 0 spiro atoms. The van der Waals surface area contributed by atoms with Gasteiger partial charge in [0.05, 0.1) is 31.2 Å². The molecule has 28 heavy (non-hydrogen) atoms. The number of aryl methyl sites for hydroxylation is 2. The van der Waals surface area contributed by atoms with E-state index in [9.17, 15) is 10.1 Å². The van der Waals surface area contributed by atoms with Crippen LogP contribution in [0, 0.1) is 25.2 Å². The molecule has 1 aliphatic heterocycles. The van der Waals surface area contributed by atoms with Crippen molar-refractivity contribution in [3.05, 3.63) is 46.8 Å². The highest BCUT2D eigenvalue weighted by molar-refractivity contribution is 5.95. The lowest BCUT2D eigenvalue weighted by atomic mass is 10.1. The van der Waals surface area contributed by atoms with Crippen LogP contribution in [0.25, 0.3) is 0 Å². The second kappa shape index (κ2) is 8.17. The summed E-state index contributed by atoms with van der Waals surface area (Å²) >= 11 is 0. The van der Waals surface area contributed by atoms with Crippen LogP contribution in [-0.4, -0.2) is 56.2 Å². The van der Waals surface area contributed by atoms with Crippen LogP contribution in [0.4, 0.5) is 5.69 Å². The summed E-state index contributed by atoms with van der Waals surface area (Å²) in [5.74, 6) is 1.09. The number of carbonyl (C=O) groups is 1. The van der Waals surface area contributed by atoms with E-state index < -0.39 is 0 Å². The van der Waals surface area contributed by atoms with E-state index in [4.69, 9.17) is 9.47 Å². The highest BCUT2D eigenvalue weighted by Crippen LogP contribution is 2.29. The fourth-order valence-corrected chi connectivity index (χ4v) is 3.50. The lowest BCUT2D eigenvalue weighted by Crippen LogP contribution is -2.49. The summed E-state index contributed by atoms with van der Waals surface area (Å²) in [6.45, 7) is 6.27. The number of methoxy groups -OCH3 is 2. The van der Waals surface area contributed by atoms with E-state index >= 15 is 0 Å². The van der Waals surface area contributed by atoms with Crippen LogP contribution in [-0.2, 0) is 0 Å². The minimum atomic E-state index is -0.0387. The summed E-state index contributed by atoms with van der Waals surface area (Å²) in [5.41, 5.74) is 3.69. The molecule has 0 radical (unpaired) electrons. The summed E-state index contributed by atoms with van der Waals surface area (Å²) in [4.78, 5) is 21.2. The fraction of sp³-hybridized carbons (Fsp3) is 0.381. The molecule has 2 aromatic rings. The van der Waals surface area contributed by atoms with Crippen molar-refractivity contribution in [3.63, 3.8) is 0 Å². The third-order valence-electron chi connectivity index (χ3n) is 4.96. The van der Waals surface area contributed by atoms with E-state index in [1.54, 1.807) is 32.4 Å². The molecule has 0 aliphatic carbocycles. The normalized spacial score (nSPS) is 13.8. The third-order valence-corrected chi connectivity index (χ3v) is 4.96. The number of benzene rings is 1. The number of rotatable bonds is 4. The highest BCUT2D eigenvalue weighted by atomic mass is 16.5. The summed E-state index contributed by atoms with van der Waals surface area (Å²) < 4.78 is 10.5. The Balaban J connectivity index is 1.74. The standard InChI is InChI=1S/C21H24N4O3/c1-14-11-18(17(13-22)15(2)23-14)24-7-9-25(10-8-24)21(26)16-5-6-19(27-3)20(12-16)28-4/h5-6,11-12H,7-10H2,1-4H3. The van der Waals surface area contributed by atoms with E-state index in [1.165, 1.54) is 0 Å². The second-order valence-electron chi connectivity index (χ2n) is 6.70. The van der Waals surface area contributed by atoms with Crippen molar-refractivity contribution in [2.24, 2.45) is 0 Å². The topological polar surface area (TPSA) is 78.7 Å². The summed E-state index contributed by atoms with van der Waals surface area (Å²) in [6.07, 6.45) is 0. The Bertz CT molecular complexity index is 928. The number of aromatic nitrogens is 1. The molecule has 2 heterocycles. The van der Waals surface area contributed by atoms with Gasteiger partial charge in [-0.3, -0.25) is 9.78 Å². The molecule has 0 N–H and O–H groups in total. The molecule has 7 heteroatoms. The number of hydrogen-bond donors (Lipinski definition) is 0. The molecule has 0 bridgehead atoms. The van der Waals surface area contributed by atoms with Gasteiger partial charge in [0.15, 0.2) is 11.5 Å². The molecule has 1 fully saturated rings. The summed E-state index contributed by atoms with van der Waals surface area (Å²) in [5, 5.41) is 9.50. The molecule has 0 unspecified atom stereocenters. The van der Waals surface area contributed by atoms with Gasteiger partial charge in [0.25, 0.3) is 5.91 Å². The van der Waals surface area contributed by atoms with E-state index in [0.29, 0.717) is 48.8 Å². The highest BCUT2D eigenvalue weighted by Gasteiger charge is 2.25. The van der Waals surface area contributed by atoms with Crippen LogP contribution in [0.15, 0.2) is 24.3 Å². The SMILES string of the molecule is COc1ccc(C(=O)N2CCN(c3cc(C)nc(C)c3C#N)CC2)cc1OC. The van der Waals surface area contributed by atoms with Crippen LogP contribution in [0.5, 0.6) is 11.5 Å². The largest absolute Gasteiger partial charge is 0.493 e. The zero-order valence-electron chi connectivity index (χ0n) is 16.7. The van der Waals surface area contributed by atoms with Crippen molar-refractivity contribution in [1.29, 1.82) is 5.26 Å². The molecule has 1 aromatic heterocycles. The minimum Gasteiger partial charge on any atom is -0.493 e. The second-order valence-corrected chi connectivity index (χ2v) is 6.70. The monoisotopic (exact) mass is 380 g/mol. The molecule has 1 aromatic carbocycles.